The molecule has 0 spiro atoms. The van der Waals surface area contributed by atoms with E-state index in [0.717, 1.165) is 5.69 Å². The van der Waals surface area contributed by atoms with Crippen LogP contribution in [0.5, 0.6) is 0 Å². The van der Waals surface area contributed by atoms with Crippen LogP contribution in [0.2, 0.25) is 0 Å². The SMILES string of the molecule is CC(C)OC(=O)Nc1nc(C(C)(C)C)cs1. The van der Waals surface area contributed by atoms with Crippen LogP contribution < -0.4 is 5.32 Å². The molecule has 1 amide bonds. The second-order valence-corrected chi connectivity index (χ2v) is 5.73. The predicted molar refractivity (Wildman–Crippen MR) is 66.1 cm³/mol. The molecule has 0 bridgehead atoms. The minimum absolute atomic E-state index is 0.00160. The molecule has 0 saturated carbocycles. The van der Waals surface area contributed by atoms with E-state index in [4.69, 9.17) is 4.74 Å². The number of rotatable bonds is 2. The van der Waals surface area contributed by atoms with Gasteiger partial charge in [0.25, 0.3) is 0 Å². The zero-order chi connectivity index (χ0) is 12.3. The van der Waals surface area contributed by atoms with E-state index in [2.05, 4.69) is 31.1 Å². The molecule has 0 aliphatic rings. The van der Waals surface area contributed by atoms with Crippen molar-refractivity contribution in [3.05, 3.63) is 11.1 Å². The lowest BCUT2D eigenvalue weighted by molar-refractivity contribution is 0.130. The molecule has 0 aliphatic carbocycles. The van der Waals surface area contributed by atoms with Crippen LogP contribution in [0, 0.1) is 0 Å². The molecule has 1 N–H and O–H groups in total. The van der Waals surface area contributed by atoms with E-state index in [1.165, 1.54) is 11.3 Å². The van der Waals surface area contributed by atoms with Gasteiger partial charge in [-0.25, -0.2) is 9.78 Å². The summed E-state index contributed by atoms with van der Waals surface area (Å²) in [5, 5.41) is 5.14. The molecule has 0 aliphatic heterocycles. The average Bonchev–Trinajstić information content (AvgIpc) is 2.49. The van der Waals surface area contributed by atoms with Crippen LogP contribution in [0.4, 0.5) is 9.93 Å². The fourth-order valence-electron chi connectivity index (χ4n) is 1.01. The third kappa shape index (κ3) is 3.81. The number of ether oxygens (including phenoxy) is 1. The van der Waals surface area contributed by atoms with Crippen LogP contribution in [-0.2, 0) is 10.2 Å². The van der Waals surface area contributed by atoms with Gasteiger partial charge in [0.1, 0.15) is 0 Å². The summed E-state index contributed by atoms with van der Waals surface area (Å²) in [6.45, 7) is 9.86. The Morgan fingerprint density at radius 1 is 1.50 bits per heavy atom. The van der Waals surface area contributed by atoms with Crippen molar-refractivity contribution < 1.29 is 9.53 Å². The number of nitrogens with one attached hydrogen (secondary N) is 1. The van der Waals surface area contributed by atoms with Gasteiger partial charge in [0.2, 0.25) is 0 Å². The molecule has 90 valence electrons. The zero-order valence-electron chi connectivity index (χ0n) is 10.3. The van der Waals surface area contributed by atoms with Crippen molar-refractivity contribution in [2.24, 2.45) is 0 Å². The Morgan fingerprint density at radius 3 is 2.56 bits per heavy atom. The number of aromatic nitrogens is 1. The average molecular weight is 242 g/mol. The van der Waals surface area contributed by atoms with Crippen molar-refractivity contribution in [3.63, 3.8) is 0 Å². The standard InChI is InChI=1S/C11H18N2O2S/c1-7(2)15-10(14)13-9-12-8(6-16-9)11(3,4)5/h6-7H,1-5H3,(H,12,13,14). The van der Waals surface area contributed by atoms with Gasteiger partial charge in [-0.2, -0.15) is 0 Å². The summed E-state index contributed by atoms with van der Waals surface area (Å²) in [5.41, 5.74) is 0.968. The second kappa shape index (κ2) is 4.82. The Labute approximate surface area is 100 Å². The molecule has 0 aromatic carbocycles. The van der Waals surface area contributed by atoms with Gasteiger partial charge in [0.15, 0.2) is 5.13 Å². The summed E-state index contributed by atoms with van der Waals surface area (Å²) in [6, 6.07) is 0. The largest absolute Gasteiger partial charge is 0.447 e. The first kappa shape index (κ1) is 13.0. The van der Waals surface area contributed by atoms with Gasteiger partial charge in [-0.05, 0) is 13.8 Å². The zero-order valence-corrected chi connectivity index (χ0v) is 11.1. The lowest BCUT2D eigenvalue weighted by Gasteiger charge is -2.14. The third-order valence-electron chi connectivity index (χ3n) is 1.82. The molecule has 0 unspecified atom stereocenters. The monoisotopic (exact) mass is 242 g/mol. The fraction of sp³-hybridized carbons (Fsp3) is 0.636. The Balaban J connectivity index is 2.62. The second-order valence-electron chi connectivity index (χ2n) is 4.87. The maximum absolute atomic E-state index is 11.3. The maximum atomic E-state index is 11.3. The molecule has 1 rings (SSSR count). The van der Waals surface area contributed by atoms with E-state index >= 15 is 0 Å². The number of hydrogen-bond acceptors (Lipinski definition) is 4. The maximum Gasteiger partial charge on any atom is 0.413 e. The van der Waals surface area contributed by atoms with Crippen LogP contribution in [0.15, 0.2) is 5.38 Å². The van der Waals surface area contributed by atoms with Gasteiger partial charge in [0.05, 0.1) is 11.8 Å². The summed E-state index contributed by atoms with van der Waals surface area (Å²) in [4.78, 5) is 15.7. The number of anilines is 1. The number of hydrogen-bond donors (Lipinski definition) is 1. The highest BCUT2D eigenvalue weighted by molar-refractivity contribution is 7.13. The fourth-order valence-corrected chi connectivity index (χ4v) is 1.93. The first-order chi connectivity index (χ1) is 7.29. The van der Waals surface area contributed by atoms with Crippen molar-refractivity contribution >= 4 is 22.6 Å². The molecule has 5 heteroatoms. The summed E-state index contributed by atoms with van der Waals surface area (Å²) >= 11 is 1.41. The molecule has 4 nitrogen and oxygen atoms in total. The van der Waals surface area contributed by atoms with Crippen LogP contribution in [-0.4, -0.2) is 17.2 Å². The van der Waals surface area contributed by atoms with Crippen molar-refractivity contribution in [1.82, 2.24) is 4.98 Å². The van der Waals surface area contributed by atoms with Gasteiger partial charge in [0, 0.05) is 10.8 Å². The van der Waals surface area contributed by atoms with Gasteiger partial charge < -0.3 is 4.74 Å². The normalized spacial score (nSPS) is 11.6. The molecule has 16 heavy (non-hydrogen) atoms. The summed E-state index contributed by atoms with van der Waals surface area (Å²) in [6.07, 6.45) is -0.577. The van der Waals surface area contributed by atoms with Gasteiger partial charge >= 0.3 is 6.09 Å². The molecule has 0 radical (unpaired) electrons. The molecule has 1 aromatic heterocycles. The van der Waals surface area contributed by atoms with Crippen molar-refractivity contribution in [3.8, 4) is 0 Å². The lowest BCUT2D eigenvalue weighted by atomic mass is 9.93. The Kier molecular flexibility index (Phi) is 3.91. The van der Waals surface area contributed by atoms with Crippen LogP contribution in [0.25, 0.3) is 0 Å². The van der Waals surface area contributed by atoms with E-state index in [9.17, 15) is 4.79 Å². The highest BCUT2D eigenvalue weighted by atomic mass is 32.1. The minimum atomic E-state index is -0.454. The topological polar surface area (TPSA) is 51.2 Å². The third-order valence-corrected chi connectivity index (χ3v) is 2.58. The van der Waals surface area contributed by atoms with Crippen molar-refractivity contribution in [2.45, 2.75) is 46.1 Å². The van der Waals surface area contributed by atoms with E-state index in [1.54, 1.807) is 0 Å². The molecule has 1 heterocycles. The summed E-state index contributed by atoms with van der Waals surface area (Å²) in [5.74, 6) is 0. The number of amides is 1. The quantitative estimate of drug-likeness (QED) is 0.864. The van der Waals surface area contributed by atoms with E-state index in [0.29, 0.717) is 5.13 Å². The minimum Gasteiger partial charge on any atom is -0.447 e. The first-order valence-corrected chi connectivity index (χ1v) is 6.10. The molecule has 1 aromatic rings. The van der Waals surface area contributed by atoms with Gasteiger partial charge in [-0.1, -0.05) is 20.8 Å². The van der Waals surface area contributed by atoms with Crippen molar-refractivity contribution in [2.75, 3.05) is 5.32 Å². The predicted octanol–water partition coefficient (Wildman–Crippen LogP) is 3.40. The Morgan fingerprint density at radius 2 is 2.12 bits per heavy atom. The number of carbonyl (C=O) groups excluding carboxylic acids is 1. The summed E-state index contributed by atoms with van der Waals surface area (Å²) in [7, 11) is 0. The molecule has 0 fully saturated rings. The molecule has 0 saturated heterocycles. The van der Waals surface area contributed by atoms with Crippen LogP contribution in [0.3, 0.4) is 0 Å². The summed E-state index contributed by atoms with van der Waals surface area (Å²) < 4.78 is 4.97. The van der Waals surface area contributed by atoms with Gasteiger partial charge in [-0.15, -0.1) is 11.3 Å². The van der Waals surface area contributed by atoms with Crippen molar-refractivity contribution in [1.29, 1.82) is 0 Å². The highest BCUT2D eigenvalue weighted by Crippen LogP contribution is 2.26. The number of carbonyl (C=O) groups is 1. The molecule has 0 atom stereocenters. The molecular formula is C11H18N2O2S. The molecular weight excluding hydrogens is 224 g/mol. The smallest absolute Gasteiger partial charge is 0.413 e. The van der Waals surface area contributed by atoms with Crippen LogP contribution >= 0.6 is 11.3 Å². The van der Waals surface area contributed by atoms with E-state index in [-0.39, 0.29) is 11.5 Å². The lowest BCUT2D eigenvalue weighted by Crippen LogP contribution is -2.18. The van der Waals surface area contributed by atoms with Gasteiger partial charge in [-0.3, -0.25) is 5.32 Å². The Hall–Kier alpha value is -1.10. The highest BCUT2D eigenvalue weighted by Gasteiger charge is 2.18. The number of nitrogens with zero attached hydrogens (tertiary/aromatic N) is 1. The number of thiazole rings is 1. The van der Waals surface area contributed by atoms with Crippen LogP contribution in [0.1, 0.15) is 40.3 Å². The Bertz CT molecular complexity index is 366. The van der Waals surface area contributed by atoms with E-state index < -0.39 is 6.09 Å². The van der Waals surface area contributed by atoms with E-state index in [1.807, 2.05) is 19.2 Å². The first-order valence-electron chi connectivity index (χ1n) is 5.22.